The third-order valence-corrected chi connectivity index (χ3v) is 8.73. The van der Waals surface area contributed by atoms with Crippen molar-refractivity contribution in [3.8, 4) is 11.5 Å². The normalized spacial score (nSPS) is 21.7. The zero-order valence-electron chi connectivity index (χ0n) is 23.8. The monoisotopic (exact) mass is 572 g/mol. The molecule has 0 saturated carbocycles. The number of anilines is 1. The molecule has 8 heteroatoms. The van der Waals surface area contributed by atoms with Crippen LogP contribution in [-0.4, -0.2) is 50.9 Å². The van der Waals surface area contributed by atoms with Gasteiger partial charge in [-0.2, -0.15) is 0 Å². The van der Waals surface area contributed by atoms with Crippen LogP contribution >= 0.6 is 0 Å². The fourth-order valence-electron chi connectivity index (χ4n) is 6.81. The molecule has 1 unspecified atom stereocenters. The predicted molar refractivity (Wildman–Crippen MR) is 162 cm³/mol. The van der Waals surface area contributed by atoms with Crippen LogP contribution in [0, 0.1) is 0 Å². The molecule has 0 bridgehead atoms. The van der Waals surface area contributed by atoms with Crippen LogP contribution in [-0.2, 0) is 20.8 Å². The van der Waals surface area contributed by atoms with E-state index in [1.807, 2.05) is 50.2 Å². The molecule has 3 aliphatic heterocycles. The second-order valence-electron chi connectivity index (χ2n) is 11.6. The number of carbonyl (C=O) groups is 3. The van der Waals surface area contributed by atoms with Crippen molar-refractivity contribution >= 4 is 45.5 Å². The first-order chi connectivity index (χ1) is 20.6. The van der Waals surface area contributed by atoms with E-state index in [1.165, 1.54) is 19.2 Å². The molecule has 1 atom stereocenters. The summed E-state index contributed by atoms with van der Waals surface area (Å²) < 4.78 is 5.24. The fraction of sp³-hybridized carbons (Fsp3) is 0.171. The van der Waals surface area contributed by atoms with Crippen LogP contribution in [0.4, 0.5) is 5.69 Å². The van der Waals surface area contributed by atoms with Gasteiger partial charge in [0.15, 0.2) is 5.54 Å². The molecule has 0 aromatic heterocycles. The molecule has 1 spiro atoms. The Morgan fingerprint density at radius 3 is 2.28 bits per heavy atom. The largest absolute Gasteiger partial charge is 0.507 e. The molecule has 8 nitrogen and oxygen atoms in total. The topological polar surface area (TPSA) is 107 Å². The molecule has 0 aliphatic carbocycles. The second kappa shape index (κ2) is 9.06. The maximum atomic E-state index is 15.0. The van der Waals surface area contributed by atoms with Crippen LogP contribution in [0.5, 0.6) is 11.5 Å². The van der Waals surface area contributed by atoms with E-state index >= 15 is 0 Å². The van der Waals surface area contributed by atoms with Gasteiger partial charge in [-0.15, -0.1) is 0 Å². The number of hydrogen-bond donors (Lipinski definition) is 2. The Kier molecular flexibility index (Phi) is 5.59. The van der Waals surface area contributed by atoms with Crippen molar-refractivity contribution in [2.75, 3.05) is 12.0 Å². The number of aromatic hydroxyl groups is 1. The van der Waals surface area contributed by atoms with Gasteiger partial charge in [0.2, 0.25) is 0 Å². The number of benzene rings is 4. The summed E-state index contributed by atoms with van der Waals surface area (Å²) in [7, 11) is 1.51. The Hall–Kier alpha value is -5.37. The van der Waals surface area contributed by atoms with Gasteiger partial charge in [0.25, 0.3) is 11.7 Å². The molecule has 2 amide bonds. The molecule has 4 aromatic rings. The number of methoxy groups -OCH3 is 1. The number of amides is 2. The van der Waals surface area contributed by atoms with Crippen LogP contribution < -0.4 is 9.64 Å². The van der Waals surface area contributed by atoms with Gasteiger partial charge in [0, 0.05) is 16.7 Å². The molecular formula is C35H28N2O6. The summed E-state index contributed by atoms with van der Waals surface area (Å²) in [6.45, 7) is 3.89. The number of hydrogen-bond acceptors (Lipinski definition) is 6. The van der Waals surface area contributed by atoms with Crippen LogP contribution in [0.15, 0.2) is 96.6 Å². The number of aliphatic hydroxyl groups is 1. The Morgan fingerprint density at radius 1 is 0.860 bits per heavy atom. The number of phenolic OH excluding ortho intramolecular Hbond substituents is 1. The lowest BCUT2D eigenvalue weighted by molar-refractivity contribution is -0.134. The Morgan fingerprint density at radius 2 is 1.56 bits per heavy atom. The zero-order chi connectivity index (χ0) is 30.3. The van der Waals surface area contributed by atoms with Gasteiger partial charge in [0.05, 0.1) is 24.1 Å². The van der Waals surface area contributed by atoms with E-state index in [0.717, 1.165) is 26.8 Å². The minimum absolute atomic E-state index is 0.0139. The first-order valence-electron chi connectivity index (χ1n) is 13.9. The van der Waals surface area contributed by atoms with Gasteiger partial charge >= 0.3 is 5.91 Å². The average molecular weight is 573 g/mol. The van der Waals surface area contributed by atoms with E-state index < -0.39 is 34.4 Å². The first-order valence-corrected chi connectivity index (χ1v) is 13.9. The molecule has 43 heavy (non-hydrogen) atoms. The summed E-state index contributed by atoms with van der Waals surface area (Å²) in [4.78, 5) is 45.4. The van der Waals surface area contributed by atoms with Gasteiger partial charge in [-0.3, -0.25) is 19.3 Å². The molecule has 0 radical (unpaired) electrons. The first kappa shape index (κ1) is 26.5. The molecule has 3 heterocycles. The van der Waals surface area contributed by atoms with E-state index in [1.54, 1.807) is 47.4 Å². The lowest BCUT2D eigenvalue weighted by Gasteiger charge is -2.44. The summed E-state index contributed by atoms with van der Waals surface area (Å²) in [5.41, 5.74) is -0.584. The summed E-state index contributed by atoms with van der Waals surface area (Å²) in [6, 6.07) is 24.4. The molecule has 1 fully saturated rings. The highest BCUT2D eigenvalue weighted by molar-refractivity contribution is 6.55. The third-order valence-electron chi connectivity index (χ3n) is 8.73. The summed E-state index contributed by atoms with van der Waals surface area (Å²) >= 11 is 0. The van der Waals surface area contributed by atoms with Gasteiger partial charge < -0.3 is 19.8 Å². The number of fused-ring (bicyclic) bond motifs is 5. The number of nitrogens with zero attached hydrogens (tertiary/aromatic N) is 2. The number of phenols is 1. The Bertz CT molecular complexity index is 1950. The third kappa shape index (κ3) is 3.53. The Balaban J connectivity index is 1.57. The minimum Gasteiger partial charge on any atom is -0.507 e. The van der Waals surface area contributed by atoms with Crippen LogP contribution in [0.2, 0.25) is 0 Å². The second-order valence-corrected chi connectivity index (χ2v) is 11.6. The lowest BCUT2D eigenvalue weighted by Crippen LogP contribution is -2.58. The van der Waals surface area contributed by atoms with Crippen molar-refractivity contribution in [1.29, 1.82) is 0 Å². The number of carbonyl (C=O) groups excluding carboxylic acids is 3. The number of Topliss-reactive ketones (excluding diaryl/α,β-unsaturated/α-hetero) is 1. The van der Waals surface area contributed by atoms with E-state index in [2.05, 4.69) is 0 Å². The van der Waals surface area contributed by atoms with Gasteiger partial charge in [0.1, 0.15) is 17.3 Å². The van der Waals surface area contributed by atoms with Gasteiger partial charge in [-0.25, -0.2) is 0 Å². The standard InChI is InChI=1S/C35H28N2O6/c1-34(2)18-25-23-9-5-4-8-20(23)14-17-24(25)27-19-35(33(42)37(27)34)29(30(39)21-12-15-22(43-3)16-13-21)31(40)32(41)36(35)26-10-6-7-11-28(26)38/h4-17,19,38-39H,18H2,1-3H3/b30-29-. The SMILES string of the molecule is COc1ccc(/C(O)=C2\C(=O)C(=O)N(c3ccccc3O)C23C=C2c4ccc5ccccc5c4CC(C)(C)N2C3=O)cc1. The molecular weight excluding hydrogens is 544 g/mol. The molecule has 4 aromatic carbocycles. The predicted octanol–water partition coefficient (Wildman–Crippen LogP) is 5.40. The highest BCUT2D eigenvalue weighted by Gasteiger charge is 2.67. The van der Waals surface area contributed by atoms with E-state index in [4.69, 9.17) is 4.74 Å². The Labute approximate surface area is 247 Å². The molecule has 3 aliphatic rings. The van der Waals surface area contributed by atoms with E-state index in [0.29, 0.717) is 17.9 Å². The van der Waals surface area contributed by atoms with Crippen molar-refractivity contribution in [2.24, 2.45) is 0 Å². The summed E-state index contributed by atoms with van der Waals surface area (Å²) in [5, 5.41) is 24.7. The summed E-state index contributed by atoms with van der Waals surface area (Å²) in [6.07, 6.45) is 2.12. The van der Waals surface area contributed by atoms with Crippen LogP contribution in [0.25, 0.3) is 22.2 Å². The maximum Gasteiger partial charge on any atom is 0.300 e. The summed E-state index contributed by atoms with van der Waals surface area (Å²) in [5.74, 6) is -2.88. The quantitative estimate of drug-likeness (QED) is 0.194. The van der Waals surface area contributed by atoms with Crippen molar-refractivity contribution in [2.45, 2.75) is 31.3 Å². The van der Waals surface area contributed by atoms with Crippen molar-refractivity contribution in [3.05, 3.63) is 113 Å². The highest BCUT2D eigenvalue weighted by atomic mass is 16.5. The number of aliphatic hydroxyl groups excluding tert-OH is 1. The van der Waals surface area contributed by atoms with Crippen LogP contribution in [0.3, 0.4) is 0 Å². The minimum atomic E-state index is -2.06. The number of rotatable bonds is 3. The van der Waals surface area contributed by atoms with E-state index in [-0.39, 0.29) is 22.6 Å². The number of ketones is 1. The van der Waals surface area contributed by atoms with Crippen LogP contribution in [0.1, 0.15) is 30.5 Å². The smallest absolute Gasteiger partial charge is 0.300 e. The lowest BCUT2D eigenvalue weighted by atomic mass is 9.82. The van der Waals surface area contributed by atoms with Crippen molar-refractivity contribution < 1.29 is 29.3 Å². The van der Waals surface area contributed by atoms with Crippen molar-refractivity contribution in [3.63, 3.8) is 0 Å². The van der Waals surface area contributed by atoms with Gasteiger partial charge in [-0.05, 0) is 79.1 Å². The fourth-order valence-corrected chi connectivity index (χ4v) is 6.81. The highest BCUT2D eigenvalue weighted by Crippen LogP contribution is 2.54. The number of para-hydroxylation sites is 2. The number of ether oxygens (including phenoxy) is 1. The molecule has 2 N–H and O–H groups in total. The average Bonchev–Trinajstić information content (AvgIpc) is 3.43. The van der Waals surface area contributed by atoms with E-state index in [9.17, 15) is 24.6 Å². The van der Waals surface area contributed by atoms with Crippen molar-refractivity contribution in [1.82, 2.24) is 4.90 Å². The maximum absolute atomic E-state index is 15.0. The molecule has 7 rings (SSSR count). The molecule has 1 saturated heterocycles. The molecule has 214 valence electrons. The zero-order valence-corrected chi connectivity index (χ0v) is 23.8. The van der Waals surface area contributed by atoms with Gasteiger partial charge in [-0.1, -0.05) is 48.5 Å².